The van der Waals surface area contributed by atoms with Gasteiger partial charge in [0.25, 0.3) is 0 Å². The lowest BCUT2D eigenvalue weighted by atomic mass is 9.99. The fraction of sp³-hybridized carbons (Fsp3) is 0.579. The smallest absolute Gasteiger partial charge is 0.0480 e. The number of fused-ring (bicyclic) bond motifs is 1. The van der Waals surface area contributed by atoms with Crippen molar-refractivity contribution >= 4 is 10.9 Å². The van der Waals surface area contributed by atoms with Crippen LogP contribution in [0.15, 0.2) is 24.4 Å². The largest absolute Gasteiger partial charge is 0.350 e. The quantitative estimate of drug-likeness (QED) is 0.915. The Morgan fingerprint density at radius 3 is 2.68 bits per heavy atom. The van der Waals surface area contributed by atoms with Crippen molar-refractivity contribution in [2.24, 2.45) is 7.05 Å². The molecule has 3 heteroatoms. The lowest BCUT2D eigenvalue weighted by molar-refractivity contribution is 0.238. The minimum absolute atomic E-state index is 0.596. The van der Waals surface area contributed by atoms with Gasteiger partial charge in [-0.2, -0.15) is 0 Å². The Bertz CT molecular complexity index is 621. The fourth-order valence-electron chi connectivity index (χ4n) is 3.48. The van der Waals surface area contributed by atoms with Gasteiger partial charge in [-0.1, -0.05) is 19.9 Å². The van der Waals surface area contributed by atoms with Gasteiger partial charge in [0.1, 0.15) is 0 Å². The summed E-state index contributed by atoms with van der Waals surface area (Å²) in [7, 11) is 2.16. The van der Waals surface area contributed by atoms with Crippen molar-refractivity contribution in [3.8, 4) is 0 Å². The predicted octanol–water partition coefficient (Wildman–Crippen LogP) is 3.14. The van der Waals surface area contributed by atoms with Gasteiger partial charge >= 0.3 is 0 Å². The average Bonchev–Trinajstić information content (AvgIpc) is 2.84. The van der Waals surface area contributed by atoms with Crippen LogP contribution in [0.3, 0.4) is 0 Å². The van der Waals surface area contributed by atoms with Crippen LogP contribution < -0.4 is 5.32 Å². The van der Waals surface area contributed by atoms with Crippen LogP contribution in [-0.2, 0) is 13.5 Å². The van der Waals surface area contributed by atoms with Gasteiger partial charge in [0, 0.05) is 50.3 Å². The molecule has 0 bridgehead atoms. The minimum Gasteiger partial charge on any atom is -0.350 e. The number of nitrogens with zero attached hydrogens (tertiary/aromatic N) is 2. The predicted molar refractivity (Wildman–Crippen MR) is 94.6 cm³/mol. The molecule has 0 unspecified atom stereocenters. The van der Waals surface area contributed by atoms with Crippen LogP contribution in [0.1, 0.15) is 37.3 Å². The molecule has 1 fully saturated rings. The van der Waals surface area contributed by atoms with Gasteiger partial charge in [-0.25, -0.2) is 0 Å². The average molecular weight is 299 g/mol. The minimum atomic E-state index is 0.596. The van der Waals surface area contributed by atoms with Crippen LogP contribution in [-0.4, -0.2) is 42.2 Å². The normalized spacial score (nSPS) is 16.7. The zero-order valence-corrected chi connectivity index (χ0v) is 14.2. The van der Waals surface area contributed by atoms with Crippen molar-refractivity contribution in [3.63, 3.8) is 0 Å². The standard InChI is InChI=1S/C19H29N3/c1-15(2)16-6-7-19-18(13-16)17(14-21(19)3)5-4-10-22-11-8-20-9-12-22/h6-7,13-15,20H,4-5,8-12H2,1-3H3. The van der Waals surface area contributed by atoms with E-state index in [2.05, 4.69) is 60.1 Å². The highest BCUT2D eigenvalue weighted by molar-refractivity contribution is 5.84. The van der Waals surface area contributed by atoms with E-state index in [0.717, 1.165) is 13.1 Å². The van der Waals surface area contributed by atoms with Gasteiger partial charge in [-0.05, 0) is 48.6 Å². The van der Waals surface area contributed by atoms with Crippen molar-refractivity contribution in [3.05, 3.63) is 35.5 Å². The Morgan fingerprint density at radius 2 is 1.95 bits per heavy atom. The Kier molecular flexibility index (Phi) is 4.84. The van der Waals surface area contributed by atoms with Crippen molar-refractivity contribution in [2.45, 2.75) is 32.6 Å². The van der Waals surface area contributed by atoms with E-state index >= 15 is 0 Å². The van der Waals surface area contributed by atoms with Crippen LogP contribution in [0, 0.1) is 0 Å². The zero-order chi connectivity index (χ0) is 15.5. The molecule has 3 rings (SSSR count). The summed E-state index contributed by atoms with van der Waals surface area (Å²) < 4.78 is 2.28. The molecule has 0 atom stereocenters. The first-order chi connectivity index (χ1) is 10.6. The molecular formula is C19H29N3. The lowest BCUT2D eigenvalue weighted by Crippen LogP contribution is -2.43. The van der Waals surface area contributed by atoms with Gasteiger partial charge in [0.2, 0.25) is 0 Å². The summed E-state index contributed by atoms with van der Waals surface area (Å²) in [5.74, 6) is 0.596. The molecule has 2 aromatic rings. The molecule has 0 aliphatic carbocycles. The first kappa shape index (κ1) is 15.6. The summed E-state index contributed by atoms with van der Waals surface area (Å²) >= 11 is 0. The van der Waals surface area contributed by atoms with E-state index in [1.54, 1.807) is 0 Å². The van der Waals surface area contributed by atoms with Crippen LogP contribution in [0.4, 0.5) is 0 Å². The number of hydrogen-bond donors (Lipinski definition) is 1. The number of aryl methyl sites for hydroxylation is 2. The molecule has 120 valence electrons. The second kappa shape index (κ2) is 6.84. The van der Waals surface area contributed by atoms with E-state index in [-0.39, 0.29) is 0 Å². The SMILES string of the molecule is CC(C)c1ccc2c(c1)c(CCCN1CCNCC1)cn2C. The molecule has 0 radical (unpaired) electrons. The molecule has 0 spiro atoms. The summed E-state index contributed by atoms with van der Waals surface area (Å²) in [6.45, 7) is 10.5. The van der Waals surface area contributed by atoms with Gasteiger partial charge in [0.05, 0.1) is 0 Å². The number of rotatable bonds is 5. The summed E-state index contributed by atoms with van der Waals surface area (Å²) in [6.07, 6.45) is 4.76. The van der Waals surface area contributed by atoms with Gasteiger partial charge in [-0.3, -0.25) is 0 Å². The van der Waals surface area contributed by atoms with Crippen LogP contribution in [0.5, 0.6) is 0 Å². The molecule has 0 amide bonds. The van der Waals surface area contributed by atoms with E-state index in [4.69, 9.17) is 0 Å². The third kappa shape index (κ3) is 3.36. The van der Waals surface area contributed by atoms with Gasteiger partial charge in [0.15, 0.2) is 0 Å². The highest BCUT2D eigenvalue weighted by Crippen LogP contribution is 2.26. The first-order valence-electron chi connectivity index (χ1n) is 8.66. The second-order valence-electron chi connectivity index (χ2n) is 6.89. The number of aromatic nitrogens is 1. The molecule has 1 aliphatic rings. The number of hydrogen-bond acceptors (Lipinski definition) is 2. The first-order valence-corrected chi connectivity index (χ1v) is 8.66. The van der Waals surface area contributed by atoms with Crippen molar-refractivity contribution < 1.29 is 0 Å². The molecular weight excluding hydrogens is 270 g/mol. The third-order valence-electron chi connectivity index (χ3n) is 4.89. The van der Waals surface area contributed by atoms with E-state index in [1.165, 1.54) is 54.5 Å². The van der Waals surface area contributed by atoms with E-state index < -0.39 is 0 Å². The van der Waals surface area contributed by atoms with Crippen LogP contribution in [0.25, 0.3) is 10.9 Å². The topological polar surface area (TPSA) is 20.2 Å². The molecule has 0 saturated carbocycles. The van der Waals surface area contributed by atoms with E-state index in [0.29, 0.717) is 5.92 Å². The maximum absolute atomic E-state index is 3.42. The second-order valence-corrected chi connectivity index (χ2v) is 6.89. The Hall–Kier alpha value is -1.32. The monoisotopic (exact) mass is 299 g/mol. The highest BCUT2D eigenvalue weighted by Gasteiger charge is 2.11. The Balaban J connectivity index is 1.70. The molecule has 3 nitrogen and oxygen atoms in total. The number of piperazine rings is 1. The molecule has 22 heavy (non-hydrogen) atoms. The molecule has 1 aromatic carbocycles. The van der Waals surface area contributed by atoms with Gasteiger partial charge < -0.3 is 14.8 Å². The summed E-state index contributed by atoms with van der Waals surface area (Å²) in [5.41, 5.74) is 4.32. The van der Waals surface area contributed by atoms with Crippen LogP contribution >= 0.6 is 0 Å². The molecule has 1 saturated heterocycles. The Labute approximate surface area is 134 Å². The summed E-state index contributed by atoms with van der Waals surface area (Å²) in [5, 5.41) is 4.87. The zero-order valence-electron chi connectivity index (χ0n) is 14.2. The number of nitrogens with one attached hydrogen (secondary N) is 1. The third-order valence-corrected chi connectivity index (χ3v) is 4.89. The Morgan fingerprint density at radius 1 is 1.18 bits per heavy atom. The van der Waals surface area contributed by atoms with E-state index in [1.807, 2.05) is 0 Å². The highest BCUT2D eigenvalue weighted by atomic mass is 15.2. The van der Waals surface area contributed by atoms with Crippen LogP contribution in [0.2, 0.25) is 0 Å². The maximum atomic E-state index is 3.42. The van der Waals surface area contributed by atoms with Crippen molar-refractivity contribution in [2.75, 3.05) is 32.7 Å². The van der Waals surface area contributed by atoms with Crippen molar-refractivity contribution in [1.82, 2.24) is 14.8 Å². The van der Waals surface area contributed by atoms with E-state index in [9.17, 15) is 0 Å². The molecule has 2 heterocycles. The summed E-state index contributed by atoms with van der Waals surface area (Å²) in [6, 6.07) is 6.96. The molecule has 1 N–H and O–H groups in total. The van der Waals surface area contributed by atoms with Gasteiger partial charge in [-0.15, -0.1) is 0 Å². The lowest BCUT2D eigenvalue weighted by Gasteiger charge is -2.26. The fourth-order valence-corrected chi connectivity index (χ4v) is 3.48. The number of benzene rings is 1. The molecule has 1 aromatic heterocycles. The summed E-state index contributed by atoms with van der Waals surface area (Å²) in [4.78, 5) is 2.58. The maximum Gasteiger partial charge on any atom is 0.0480 e. The molecule has 1 aliphatic heterocycles. The van der Waals surface area contributed by atoms with Crippen molar-refractivity contribution in [1.29, 1.82) is 0 Å².